The third-order valence-corrected chi connectivity index (χ3v) is 3.32. The standard InChI is InChI=1S/C13H10BrFN4/c1-7-4-9(2-3-10(7)15)19-12-11(18-13(19)16)5-8(14)6-17-12/h2-6H,1H3,(H2,16,18). The topological polar surface area (TPSA) is 56.7 Å². The highest BCUT2D eigenvalue weighted by Crippen LogP contribution is 2.24. The molecule has 0 fully saturated rings. The summed E-state index contributed by atoms with van der Waals surface area (Å²) in [4.78, 5) is 8.57. The van der Waals surface area contributed by atoms with Crippen LogP contribution in [0.2, 0.25) is 0 Å². The minimum atomic E-state index is -0.248. The molecule has 6 heteroatoms. The van der Waals surface area contributed by atoms with Crippen molar-refractivity contribution in [2.45, 2.75) is 6.92 Å². The molecule has 0 spiro atoms. The number of nitrogens with zero attached hydrogens (tertiary/aromatic N) is 3. The molecule has 0 aliphatic rings. The van der Waals surface area contributed by atoms with Crippen molar-refractivity contribution in [1.29, 1.82) is 0 Å². The number of aromatic nitrogens is 3. The van der Waals surface area contributed by atoms with E-state index in [-0.39, 0.29) is 5.82 Å². The SMILES string of the molecule is Cc1cc(-n2c(N)nc3cc(Br)cnc32)ccc1F. The quantitative estimate of drug-likeness (QED) is 0.749. The van der Waals surface area contributed by atoms with Gasteiger partial charge in [0.1, 0.15) is 11.3 Å². The van der Waals surface area contributed by atoms with Gasteiger partial charge in [0, 0.05) is 10.7 Å². The third kappa shape index (κ3) is 1.98. The molecule has 0 saturated carbocycles. The van der Waals surface area contributed by atoms with Crippen LogP contribution < -0.4 is 5.73 Å². The van der Waals surface area contributed by atoms with Crippen molar-refractivity contribution in [2.24, 2.45) is 0 Å². The maximum absolute atomic E-state index is 13.3. The van der Waals surface area contributed by atoms with E-state index in [2.05, 4.69) is 25.9 Å². The summed E-state index contributed by atoms with van der Waals surface area (Å²) in [5.74, 6) is 0.0778. The average molecular weight is 321 g/mol. The van der Waals surface area contributed by atoms with Crippen LogP contribution in [0.5, 0.6) is 0 Å². The lowest BCUT2D eigenvalue weighted by atomic mass is 10.2. The normalized spacial score (nSPS) is 11.1. The van der Waals surface area contributed by atoms with Crippen LogP contribution in [-0.4, -0.2) is 14.5 Å². The van der Waals surface area contributed by atoms with E-state index < -0.39 is 0 Å². The fourth-order valence-electron chi connectivity index (χ4n) is 1.98. The molecule has 4 nitrogen and oxygen atoms in total. The van der Waals surface area contributed by atoms with Gasteiger partial charge in [-0.2, -0.15) is 0 Å². The van der Waals surface area contributed by atoms with E-state index in [0.29, 0.717) is 22.7 Å². The number of hydrogen-bond acceptors (Lipinski definition) is 3. The second-order valence-electron chi connectivity index (χ2n) is 4.24. The Morgan fingerprint density at radius 2 is 2.11 bits per heavy atom. The van der Waals surface area contributed by atoms with E-state index in [1.165, 1.54) is 6.07 Å². The van der Waals surface area contributed by atoms with Gasteiger partial charge in [0.2, 0.25) is 5.95 Å². The molecule has 2 N–H and O–H groups in total. The van der Waals surface area contributed by atoms with Gasteiger partial charge in [0.15, 0.2) is 5.65 Å². The number of benzene rings is 1. The van der Waals surface area contributed by atoms with E-state index in [1.807, 2.05) is 6.07 Å². The van der Waals surface area contributed by atoms with Gasteiger partial charge in [0.05, 0.1) is 5.69 Å². The van der Waals surface area contributed by atoms with Crippen molar-refractivity contribution in [3.05, 3.63) is 46.3 Å². The molecule has 1 aromatic carbocycles. The summed E-state index contributed by atoms with van der Waals surface area (Å²) in [5.41, 5.74) is 8.56. The summed E-state index contributed by atoms with van der Waals surface area (Å²) in [6.45, 7) is 1.71. The molecule has 2 aromatic heterocycles. The lowest BCUT2D eigenvalue weighted by Crippen LogP contribution is -2.02. The fraction of sp³-hybridized carbons (Fsp3) is 0.0769. The van der Waals surface area contributed by atoms with Gasteiger partial charge in [-0.25, -0.2) is 14.4 Å². The van der Waals surface area contributed by atoms with Crippen LogP contribution in [0.15, 0.2) is 34.9 Å². The lowest BCUT2D eigenvalue weighted by Gasteiger charge is -2.07. The Hall–Kier alpha value is -1.95. The van der Waals surface area contributed by atoms with E-state index in [9.17, 15) is 4.39 Å². The second-order valence-corrected chi connectivity index (χ2v) is 5.15. The average Bonchev–Trinajstić information content (AvgIpc) is 2.68. The van der Waals surface area contributed by atoms with Crippen molar-refractivity contribution in [2.75, 3.05) is 5.73 Å². The Balaban J connectivity index is 2.29. The minimum Gasteiger partial charge on any atom is -0.369 e. The predicted octanol–water partition coefficient (Wildman–Crippen LogP) is 3.21. The molecular formula is C13H10BrFN4. The molecule has 0 aliphatic carbocycles. The Kier molecular flexibility index (Phi) is 2.74. The van der Waals surface area contributed by atoms with Crippen molar-refractivity contribution in [3.63, 3.8) is 0 Å². The van der Waals surface area contributed by atoms with Crippen LogP contribution in [0, 0.1) is 12.7 Å². The number of halogens is 2. The minimum absolute atomic E-state index is 0.248. The molecule has 0 atom stereocenters. The van der Waals surface area contributed by atoms with Crippen LogP contribution in [0.25, 0.3) is 16.9 Å². The number of fused-ring (bicyclic) bond motifs is 1. The first kappa shape index (κ1) is 12.1. The number of anilines is 1. The number of aryl methyl sites for hydroxylation is 1. The summed E-state index contributed by atoms with van der Waals surface area (Å²) < 4.78 is 15.9. The molecule has 3 aromatic rings. The zero-order valence-electron chi connectivity index (χ0n) is 10.1. The number of nitrogens with two attached hydrogens (primary N) is 1. The molecule has 0 unspecified atom stereocenters. The molecule has 2 heterocycles. The van der Waals surface area contributed by atoms with E-state index in [0.717, 1.165) is 10.2 Å². The molecule has 96 valence electrons. The zero-order valence-corrected chi connectivity index (χ0v) is 11.6. The van der Waals surface area contributed by atoms with Gasteiger partial charge in [-0.1, -0.05) is 0 Å². The predicted molar refractivity (Wildman–Crippen MR) is 75.7 cm³/mol. The Bertz CT molecular complexity index is 782. The van der Waals surface area contributed by atoms with Crippen LogP contribution in [-0.2, 0) is 0 Å². The lowest BCUT2D eigenvalue weighted by molar-refractivity contribution is 0.618. The van der Waals surface area contributed by atoms with Gasteiger partial charge < -0.3 is 5.73 Å². The first-order valence-electron chi connectivity index (χ1n) is 5.62. The number of rotatable bonds is 1. The summed E-state index contributed by atoms with van der Waals surface area (Å²) >= 11 is 3.34. The van der Waals surface area contributed by atoms with Crippen LogP contribution in [0.1, 0.15) is 5.56 Å². The van der Waals surface area contributed by atoms with Gasteiger partial charge in [0.25, 0.3) is 0 Å². The van der Waals surface area contributed by atoms with Gasteiger partial charge in [-0.15, -0.1) is 0 Å². The molecule has 0 aliphatic heterocycles. The highest BCUT2D eigenvalue weighted by molar-refractivity contribution is 9.10. The third-order valence-electron chi connectivity index (χ3n) is 2.89. The highest BCUT2D eigenvalue weighted by atomic mass is 79.9. The van der Waals surface area contributed by atoms with Gasteiger partial charge in [-0.05, 0) is 52.7 Å². The highest BCUT2D eigenvalue weighted by Gasteiger charge is 2.12. The van der Waals surface area contributed by atoms with Crippen molar-refractivity contribution in [1.82, 2.24) is 14.5 Å². The van der Waals surface area contributed by atoms with Crippen molar-refractivity contribution < 1.29 is 4.39 Å². The summed E-state index contributed by atoms with van der Waals surface area (Å²) in [6, 6.07) is 6.63. The molecule has 0 amide bonds. The molecule has 0 bridgehead atoms. The monoisotopic (exact) mass is 320 g/mol. The zero-order chi connectivity index (χ0) is 13.6. The van der Waals surface area contributed by atoms with E-state index in [1.54, 1.807) is 29.8 Å². The van der Waals surface area contributed by atoms with Gasteiger partial charge >= 0.3 is 0 Å². The molecular weight excluding hydrogens is 311 g/mol. The van der Waals surface area contributed by atoms with E-state index in [4.69, 9.17) is 5.73 Å². The van der Waals surface area contributed by atoms with Crippen LogP contribution in [0.3, 0.4) is 0 Å². The van der Waals surface area contributed by atoms with Crippen LogP contribution >= 0.6 is 15.9 Å². The van der Waals surface area contributed by atoms with Crippen molar-refractivity contribution >= 4 is 33.0 Å². The van der Waals surface area contributed by atoms with Crippen molar-refractivity contribution in [3.8, 4) is 5.69 Å². The maximum atomic E-state index is 13.3. The summed E-state index contributed by atoms with van der Waals surface area (Å²) in [7, 11) is 0. The maximum Gasteiger partial charge on any atom is 0.207 e. The number of pyridine rings is 1. The summed E-state index contributed by atoms with van der Waals surface area (Å²) in [5, 5.41) is 0. The Labute approximate surface area is 117 Å². The molecule has 0 radical (unpaired) electrons. The van der Waals surface area contributed by atoms with E-state index >= 15 is 0 Å². The largest absolute Gasteiger partial charge is 0.369 e. The number of nitrogen functional groups attached to an aromatic ring is 1. The molecule has 0 saturated heterocycles. The van der Waals surface area contributed by atoms with Crippen LogP contribution in [0.4, 0.5) is 10.3 Å². The number of imidazole rings is 1. The second kappa shape index (κ2) is 4.31. The number of hydrogen-bond donors (Lipinski definition) is 1. The fourth-order valence-corrected chi connectivity index (χ4v) is 2.30. The Morgan fingerprint density at radius 3 is 2.84 bits per heavy atom. The first-order chi connectivity index (χ1) is 9.06. The molecule has 3 rings (SSSR count). The summed E-state index contributed by atoms with van der Waals surface area (Å²) in [6.07, 6.45) is 1.68. The first-order valence-corrected chi connectivity index (χ1v) is 6.41. The van der Waals surface area contributed by atoms with Gasteiger partial charge in [-0.3, -0.25) is 4.57 Å². The Morgan fingerprint density at radius 1 is 1.32 bits per heavy atom. The molecule has 19 heavy (non-hydrogen) atoms. The smallest absolute Gasteiger partial charge is 0.207 e.